The van der Waals surface area contributed by atoms with Crippen LogP contribution in [0.4, 0.5) is 0 Å². The van der Waals surface area contributed by atoms with Crippen molar-refractivity contribution >= 4 is 5.91 Å². The lowest BCUT2D eigenvalue weighted by molar-refractivity contribution is -0.148. The molecule has 4 rings (SSSR count). The maximum Gasteiger partial charge on any atom is 0.225 e. The summed E-state index contributed by atoms with van der Waals surface area (Å²) >= 11 is 0. The van der Waals surface area contributed by atoms with Gasteiger partial charge in [0.25, 0.3) is 0 Å². The molecule has 1 saturated heterocycles. The van der Waals surface area contributed by atoms with Gasteiger partial charge in [0, 0.05) is 18.5 Å². The molecular weight excluding hydrogens is 226 g/mol. The molecule has 4 aliphatic rings. The van der Waals surface area contributed by atoms with Crippen molar-refractivity contribution in [3.63, 3.8) is 0 Å². The lowest BCUT2D eigenvalue weighted by atomic mass is 9.76. The van der Waals surface area contributed by atoms with Crippen LogP contribution in [0.15, 0.2) is 0 Å². The number of carbonyl (C=O) groups is 1. The molecule has 1 amide bonds. The van der Waals surface area contributed by atoms with Gasteiger partial charge in [0.15, 0.2) is 0 Å². The smallest absolute Gasteiger partial charge is 0.225 e. The fourth-order valence-electron chi connectivity index (χ4n) is 4.91. The zero-order valence-corrected chi connectivity index (χ0v) is 10.9. The van der Waals surface area contributed by atoms with Crippen molar-refractivity contribution < 1.29 is 9.90 Å². The Hall–Kier alpha value is -0.570. The van der Waals surface area contributed by atoms with E-state index in [-0.39, 0.29) is 12.0 Å². The van der Waals surface area contributed by atoms with Crippen LogP contribution < -0.4 is 0 Å². The molecule has 0 aromatic heterocycles. The molecule has 4 fully saturated rings. The van der Waals surface area contributed by atoms with E-state index in [2.05, 4.69) is 4.90 Å². The van der Waals surface area contributed by atoms with Gasteiger partial charge in [0.05, 0.1) is 12.5 Å². The van der Waals surface area contributed by atoms with Gasteiger partial charge in [-0.15, -0.1) is 0 Å². The molecule has 1 unspecified atom stereocenters. The third kappa shape index (κ3) is 1.63. The van der Waals surface area contributed by atoms with Crippen LogP contribution in [0, 0.1) is 23.7 Å². The number of hydrogen-bond acceptors (Lipinski definition) is 2. The largest absolute Gasteiger partial charge is 0.392 e. The average molecular weight is 249 g/mol. The maximum atomic E-state index is 12.2. The topological polar surface area (TPSA) is 40.5 Å². The van der Waals surface area contributed by atoms with Crippen molar-refractivity contribution in [1.29, 1.82) is 0 Å². The van der Waals surface area contributed by atoms with Gasteiger partial charge in [-0.1, -0.05) is 12.8 Å². The number of fused-ring (bicyclic) bond motifs is 5. The SMILES string of the molecule is O=C1CC(O)[C@@H]2[C@H]3CC[C@H](C3)[C@@H]2N1CCC1CC1. The summed E-state index contributed by atoms with van der Waals surface area (Å²) in [6.45, 7) is 0.959. The molecule has 3 nitrogen and oxygen atoms in total. The van der Waals surface area contributed by atoms with E-state index in [4.69, 9.17) is 0 Å². The molecule has 0 radical (unpaired) electrons. The van der Waals surface area contributed by atoms with Gasteiger partial charge < -0.3 is 10.0 Å². The lowest BCUT2D eigenvalue weighted by Gasteiger charge is -2.46. The normalized spacial score (nSPS) is 46.6. The van der Waals surface area contributed by atoms with Crippen LogP contribution in [0.1, 0.15) is 44.9 Å². The Labute approximate surface area is 109 Å². The number of aliphatic hydroxyl groups excluding tert-OH is 1. The van der Waals surface area contributed by atoms with Crippen LogP contribution in [-0.2, 0) is 4.79 Å². The van der Waals surface area contributed by atoms with E-state index in [1.54, 1.807) is 0 Å². The van der Waals surface area contributed by atoms with Crippen LogP contribution in [0.2, 0.25) is 0 Å². The van der Waals surface area contributed by atoms with Crippen LogP contribution >= 0.6 is 0 Å². The summed E-state index contributed by atoms with van der Waals surface area (Å²) in [4.78, 5) is 14.4. The van der Waals surface area contributed by atoms with Gasteiger partial charge in [-0.3, -0.25) is 4.79 Å². The van der Waals surface area contributed by atoms with Crippen LogP contribution in [-0.4, -0.2) is 34.6 Å². The number of rotatable bonds is 3. The van der Waals surface area contributed by atoms with Crippen molar-refractivity contribution in [3.8, 4) is 0 Å². The van der Waals surface area contributed by atoms with Crippen molar-refractivity contribution in [2.45, 2.75) is 57.1 Å². The van der Waals surface area contributed by atoms with Gasteiger partial charge in [-0.2, -0.15) is 0 Å². The molecule has 3 heteroatoms. The molecule has 0 aromatic carbocycles. The Bertz CT molecular complexity index is 366. The van der Waals surface area contributed by atoms with Gasteiger partial charge in [-0.05, 0) is 43.4 Å². The van der Waals surface area contributed by atoms with Gasteiger partial charge in [-0.25, -0.2) is 0 Å². The number of piperidine rings is 1. The van der Waals surface area contributed by atoms with Crippen molar-refractivity contribution in [3.05, 3.63) is 0 Å². The zero-order valence-electron chi connectivity index (χ0n) is 10.9. The van der Waals surface area contributed by atoms with Crippen LogP contribution in [0.5, 0.6) is 0 Å². The number of aliphatic hydroxyl groups is 1. The molecule has 1 heterocycles. The van der Waals surface area contributed by atoms with Gasteiger partial charge in [0.1, 0.15) is 0 Å². The number of amides is 1. The molecule has 1 aliphatic heterocycles. The van der Waals surface area contributed by atoms with E-state index >= 15 is 0 Å². The highest BCUT2D eigenvalue weighted by atomic mass is 16.3. The van der Waals surface area contributed by atoms with E-state index in [0.717, 1.165) is 12.5 Å². The third-order valence-electron chi connectivity index (χ3n) is 5.92. The fourth-order valence-corrected chi connectivity index (χ4v) is 4.91. The Kier molecular flexibility index (Phi) is 2.48. The molecule has 0 spiro atoms. The van der Waals surface area contributed by atoms with Gasteiger partial charge in [0.2, 0.25) is 5.91 Å². The summed E-state index contributed by atoms with van der Waals surface area (Å²) in [5.41, 5.74) is 0. The number of likely N-dealkylation sites (tertiary alicyclic amines) is 1. The number of carbonyl (C=O) groups excluding carboxylic acids is 1. The first-order valence-electron chi connectivity index (χ1n) is 7.71. The van der Waals surface area contributed by atoms with Crippen molar-refractivity contribution in [1.82, 2.24) is 4.90 Å². The Morgan fingerprint density at radius 2 is 1.94 bits per heavy atom. The van der Waals surface area contributed by atoms with Crippen LogP contribution in [0.25, 0.3) is 0 Å². The Balaban J connectivity index is 1.54. The highest BCUT2D eigenvalue weighted by Gasteiger charge is 2.56. The summed E-state index contributed by atoms with van der Waals surface area (Å²) in [7, 11) is 0. The number of nitrogens with zero attached hydrogens (tertiary/aromatic N) is 1. The highest BCUT2D eigenvalue weighted by Crippen LogP contribution is 2.54. The monoisotopic (exact) mass is 249 g/mol. The molecule has 5 atom stereocenters. The first-order valence-corrected chi connectivity index (χ1v) is 7.71. The van der Waals surface area contributed by atoms with Crippen molar-refractivity contribution in [2.75, 3.05) is 6.54 Å². The lowest BCUT2D eigenvalue weighted by Crippen LogP contribution is -2.56. The first-order chi connectivity index (χ1) is 8.74. The first kappa shape index (κ1) is 11.3. The minimum Gasteiger partial charge on any atom is -0.392 e. The Morgan fingerprint density at radius 1 is 1.17 bits per heavy atom. The minimum atomic E-state index is -0.352. The molecular formula is C15H23NO2. The van der Waals surface area contributed by atoms with E-state index in [9.17, 15) is 9.90 Å². The average Bonchev–Trinajstić information content (AvgIpc) is 2.94. The molecule has 1 N–H and O–H groups in total. The molecule has 100 valence electrons. The van der Waals surface area contributed by atoms with E-state index in [1.165, 1.54) is 38.5 Å². The molecule has 3 aliphatic carbocycles. The van der Waals surface area contributed by atoms with E-state index in [0.29, 0.717) is 30.2 Å². The fraction of sp³-hybridized carbons (Fsp3) is 0.933. The second-order valence-electron chi connectivity index (χ2n) is 6.99. The standard InChI is InChI=1S/C15H23NO2/c17-12-8-13(18)16(6-5-9-1-2-9)15-11-4-3-10(7-11)14(12)15/h9-12,14-15,17H,1-8H2/t10-,11+,12?,14-,15-/m0/s1. The summed E-state index contributed by atoms with van der Waals surface area (Å²) < 4.78 is 0. The molecule has 0 aromatic rings. The summed E-state index contributed by atoms with van der Waals surface area (Å²) in [6.07, 6.45) is 7.79. The zero-order chi connectivity index (χ0) is 12.3. The molecule has 18 heavy (non-hydrogen) atoms. The summed E-state index contributed by atoms with van der Waals surface area (Å²) in [5, 5.41) is 10.2. The Morgan fingerprint density at radius 3 is 2.72 bits per heavy atom. The summed E-state index contributed by atoms with van der Waals surface area (Å²) in [5.74, 6) is 2.91. The summed E-state index contributed by atoms with van der Waals surface area (Å²) in [6, 6.07) is 0.388. The minimum absolute atomic E-state index is 0.219. The van der Waals surface area contributed by atoms with E-state index in [1.807, 2.05) is 0 Å². The number of hydrogen-bond donors (Lipinski definition) is 1. The predicted octanol–water partition coefficient (Wildman–Crippen LogP) is 1.79. The quantitative estimate of drug-likeness (QED) is 0.828. The van der Waals surface area contributed by atoms with Crippen molar-refractivity contribution in [2.24, 2.45) is 23.7 Å². The highest BCUT2D eigenvalue weighted by molar-refractivity contribution is 5.78. The third-order valence-corrected chi connectivity index (χ3v) is 5.92. The second kappa shape index (κ2) is 3.96. The van der Waals surface area contributed by atoms with Gasteiger partial charge >= 0.3 is 0 Å². The maximum absolute atomic E-state index is 12.2. The molecule has 3 saturated carbocycles. The predicted molar refractivity (Wildman–Crippen MR) is 67.8 cm³/mol. The molecule has 2 bridgehead atoms. The van der Waals surface area contributed by atoms with E-state index < -0.39 is 0 Å². The van der Waals surface area contributed by atoms with Crippen LogP contribution in [0.3, 0.4) is 0 Å². The second-order valence-corrected chi connectivity index (χ2v) is 6.99.